The molecular weight excluding hydrogens is 275 g/mol. The Hall–Kier alpha value is -1.39. The molecule has 0 rings (SSSR count). The third-order valence-electron chi connectivity index (χ3n) is 2.89. The third-order valence-corrected chi connectivity index (χ3v) is 2.89. The van der Waals surface area contributed by atoms with E-state index in [2.05, 4.69) is 4.74 Å². The summed E-state index contributed by atoms with van der Waals surface area (Å²) in [5.74, 6) is -1.22. The lowest BCUT2D eigenvalue weighted by Gasteiger charge is -2.07. The van der Waals surface area contributed by atoms with Crippen LogP contribution < -0.4 is 0 Å². The van der Waals surface area contributed by atoms with Gasteiger partial charge >= 0.3 is 11.9 Å². The summed E-state index contributed by atoms with van der Waals surface area (Å²) >= 11 is 0. The highest BCUT2D eigenvalue weighted by Gasteiger charge is 2.04. The Bertz CT molecular complexity index is 337. The van der Waals surface area contributed by atoms with E-state index in [1.54, 1.807) is 0 Å². The zero-order valence-corrected chi connectivity index (χ0v) is 13.3. The largest absolute Gasteiger partial charge is 0.466 e. The van der Waals surface area contributed by atoms with Crippen LogP contribution >= 0.6 is 0 Å². The summed E-state index contributed by atoms with van der Waals surface area (Å²) in [6, 6.07) is 0. The van der Waals surface area contributed by atoms with E-state index in [1.165, 1.54) is 7.11 Å². The Labute approximate surface area is 126 Å². The molecule has 5 heteroatoms. The van der Waals surface area contributed by atoms with Crippen LogP contribution in [0.25, 0.3) is 0 Å². The number of allylic oxidation sites excluding steroid dienone is 1. The summed E-state index contributed by atoms with van der Waals surface area (Å²) in [5, 5.41) is 0. The maximum Gasteiger partial charge on any atom is 0.333 e. The SMILES string of the molecule is COC(=O)/C=C(\F)CCCCCCCCC(=O)OC(C)C. The van der Waals surface area contributed by atoms with Gasteiger partial charge in [-0.3, -0.25) is 4.79 Å². The summed E-state index contributed by atoms with van der Waals surface area (Å²) in [5.41, 5.74) is 0. The number of esters is 2. The maximum absolute atomic E-state index is 13.2. The number of hydrogen-bond acceptors (Lipinski definition) is 4. The van der Waals surface area contributed by atoms with E-state index in [0.717, 1.165) is 38.2 Å². The molecule has 0 aliphatic rings. The molecule has 0 radical (unpaired) electrons. The second kappa shape index (κ2) is 12.4. The second-order valence-corrected chi connectivity index (χ2v) is 5.27. The van der Waals surface area contributed by atoms with E-state index < -0.39 is 11.8 Å². The molecule has 0 fully saturated rings. The van der Waals surface area contributed by atoms with Gasteiger partial charge in [0.15, 0.2) is 0 Å². The number of carbonyl (C=O) groups is 2. The van der Waals surface area contributed by atoms with Crippen LogP contribution in [0.4, 0.5) is 4.39 Å². The Balaban J connectivity index is 3.43. The first kappa shape index (κ1) is 19.6. The van der Waals surface area contributed by atoms with Crippen LogP contribution in [-0.2, 0) is 19.1 Å². The molecule has 0 aliphatic heterocycles. The fourth-order valence-corrected chi connectivity index (χ4v) is 1.85. The zero-order valence-electron chi connectivity index (χ0n) is 13.3. The first-order valence-electron chi connectivity index (χ1n) is 7.59. The van der Waals surface area contributed by atoms with Crippen molar-refractivity contribution < 1.29 is 23.5 Å². The van der Waals surface area contributed by atoms with Gasteiger partial charge in [-0.05, 0) is 33.1 Å². The minimum atomic E-state index is -0.652. The van der Waals surface area contributed by atoms with Gasteiger partial charge in [0.25, 0.3) is 0 Å². The van der Waals surface area contributed by atoms with Crippen LogP contribution in [0.5, 0.6) is 0 Å². The lowest BCUT2D eigenvalue weighted by molar-refractivity contribution is -0.147. The lowest BCUT2D eigenvalue weighted by Crippen LogP contribution is -2.10. The monoisotopic (exact) mass is 302 g/mol. The van der Waals surface area contributed by atoms with Crippen molar-refractivity contribution in [1.29, 1.82) is 0 Å². The van der Waals surface area contributed by atoms with Gasteiger partial charge in [-0.15, -0.1) is 0 Å². The van der Waals surface area contributed by atoms with Crippen molar-refractivity contribution in [1.82, 2.24) is 0 Å². The fourth-order valence-electron chi connectivity index (χ4n) is 1.85. The van der Waals surface area contributed by atoms with E-state index in [1.807, 2.05) is 13.8 Å². The summed E-state index contributed by atoms with van der Waals surface area (Å²) in [4.78, 5) is 22.0. The number of hydrogen-bond donors (Lipinski definition) is 0. The molecule has 0 atom stereocenters. The standard InChI is InChI=1S/C16H27FO4/c1-13(2)21-15(18)11-9-7-5-4-6-8-10-14(17)12-16(19)20-3/h12-13H,4-11H2,1-3H3/b14-12-. The molecule has 0 amide bonds. The number of halogens is 1. The molecule has 21 heavy (non-hydrogen) atoms. The number of rotatable bonds is 11. The molecule has 0 bridgehead atoms. The molecular formula is C16H27FO4. The molecule has 0 N–H and O–H groups in total. The van der Waals surface area contributed by atoms with E-state index in [4.69, 9.17) is 4.74 Å². The molecule has 0 saturated heterocycles. The van der Waals surface area contributed by atoms with Crippen molar-refractivity contribution in [3.05, 3.63) is 11.9 Å². The van der Waals surface area contributed by atoms with Crippen molar-refractivity contribution in [2.24, 2.45) is 0 Å². The lowest BCUT2D eigenvalue weighted by atomic mass is 10.1. The van der Waals surface area contributed by atoms with Gasteiger partial charge in [-0.2, -0.15) is 0 Å². The average molecular weight is 302 g/mol. The van der Waals surface area contributed by atoms with Crippen molar-refractivity contribution >= 4 is 11.9 Å². The zero-order chi connectivity index (χ0) is 16.1. The van der Waals surface area contributed by atoms with Crippen LogP contribution in [0, 0.1) is 0 Å². The molecule has 0 unspecified atom stereocenters. The van der Waals surface area contributed by atoms with Gasteiger partial charge in [-0.1, -0.05) is 25.7 Å². The van der Waals surface area contributed by atoms with Crippen LogP contribution in [0.3, 0.4) is 0 Å². The highest BCUT2D eigenvalue weighted by atomic mass is 19.1. The topological polar surface area (TPSA) is 52.6 Å². The molecule has 0 saturated carbocycles. The van der Waals surface area contributed by atoms with E-state index in [-0.39, 0.29) is 18.5 Å². The maximum atomic E-state index is 13.2. The number of ether oxygens (including phenoxy) is 2. The minimum absolute atomic E-state index is 0.0505. The number of methoxy groups -OCH3 is 1. The highest BCUT2D eigenvalue weighted by molar-refractivity contribution is 5.82. The quantitative estimate of drug-likeness (QED) is 0.328. The fraction of sp³-hybridized carbons (Fsp3) is 0.750. The molecule has 4 nitrogen and oxygen atoms in total. The van der Waals surface area contributed by atoms with E-state index in [9.17, 15) is 14.0 Å². The van der Waals surface area contributed by atoms with Crippen molar-refractivity contribution in [2.45, 2.75) is 71.3 Å². The molecule has 0 heterocycles. The first-order chi connectivity index (χ1) is 9.95. The van der Waals surface area contributed by atoms with Crippen LogP contribution in [0.2, 0.25) is 0 Å². The minimum Gasteiger partial charge on any atom is -0.466 e. The average Bonchev–Trinajstić information content (AvgIpc) is 2.40. The second-order valence-electron chi connectivity index (χ2n) is 5.27. The number of unbranched alkanes of at least 4 members (excludes halogenated alkanes) is 5. The molecule has 0 aromatic rings. The van der Waals surface area contributed by atoms with Gasteiger partial charge in [0.2, 0.25) is 0 Å². The van der Waals surface area contributed by atoms with Crippen LogP contribution in [0.15, 0.2) is 11.9 Å². The van der Waals surface area contributed by atoms with Gasteiger partial charge in [0.1, 0.15) is 5.83 Å². The summed E-state index contributed by atoms with van der Waals surface area (Å²) in [6.07, 6.45) is 7.06. The predicted molar refractivity (Wildman–Crippen MR) is 79.4 cm³/mol. The summed E-state index contributed by atoms with van der Waals surface area (Å²) in [6.45, 7) is 3.68. The van der Waals surface area contributed by atoms with Gasteiger partial charge in [0, 0.05) is 6.42 Å². The van der Waals surface area contributed by atoms with Gasteiger partial charge in [-0.25, -0.2) is 9.18 Å². The first-order valence-corrected chi connectivity index (χ1v) is 7.59. The van der Waals surface area contributed by atoms with Crippen LogP contribution in [-0.4, -0.2) is 25.2 Å². The third kappa shape index (κ3) is 13.4. The van der Waals surface area contributed by atoms with Crippen molar-refractivity contribution in [2.75, 3.05) is 7.11 Å². The Morgan fingerprint density at radius 2 is 1.52 bits per heavy atom. The predicted octanol–water partition coefficient (Wildman–Crippen LogP) is 4.09. The van der Waals surface area contributed by atoms with E-state index in [0.29, 0.717) is 12.8 Å². The van der Waals surface area contributed by atoms with Gasteiger partial charge < -0.3 is 9.47 Å². The molecule has 122 valence electrons. The number of carbonyl (C=O) groups excluding carboxylic acids is 2. The van der Waals surface area contributed by atoms with Crippen LogP contribution in [0.1, 0.15) is 65.2 Å². The smallest absolute Gasteiger partial charge is 0.333 e. The molecule has 0 aromatic carbocycles. The molecule has 0 aliphatic carbocycles. The summed E-state index contributed by atoms with van der Waals surface area (Å²) in [7, 11) is 1.23. The summed E-state index contributed by atoms with van der Waals surface area (Å²) < 4.78 is 22.6. The van der Waals surface area contributed by atoms with Crippen molar-refractivity contribution in [3.63, 3.8) is 0 Å². The van der Waals surface area contributed by atoms with Crippen molar-refractivity contribution in [3.8, 4) is 0 Å². The molecule has 0 spiro atoms. The Morgan fingerprint density at radius 3 is 2.05 bits per heavy atom. The Morgan fingerprint density at radius 1 is 1.00 bits per heavy atom. The highest BCUT2D eigenvalue weighted by Crippen LogP contribution is 2.13. The van der Waals surface area contributed by atoms with E-state index >= 15 is 0 Å². The molecule has 0 aromatic heterocycles. The van der Waals surface area contributed by atoms with Gasteiger partial charge in [0.05, 0.1) is 19.3 Å². The normalized spacial score (nSPS) is 11.6. The Kier molecular flexibility index (Phi) is 11.5.